The molecule has 0 spiro atoms. The smallest absolute Gasteiger partial charge is 0.293 e. The molecule has 0 saturated carbocycles. The number of carbonyl (C=O) groups is 2. The maximum absolute atomic E-state index is 12.9. The van der Waals surface area contributed by atoms with Gasteiger partial charge in [-0.3, -0.25) is 24.6 Å². The lowest BCUT2D eigenvalue weighted by atomic mass is 10.1. The average Bonchev–Trinajstić information content (AvgIpc) is 3.12. The van der Waals surface area contributed by atoms with Gasteiger partial charge in [-0.05, 0) is 88.3 Å². The van der Waals surface area contributed by atoms with Gasteiger partial charge < -0.3 is 9.47 Å². The number of halogens is 1. The Morgan fingerprint density at radius 1 is 1.03 bits per heavy atom. The van der Waals surface area contributed by atoms with Crippen LogP contribution in [-0.2, 0) is 17.9 Å². The Morgan fingerprint density at radius 2 is 1.75 bits per heavy atom. The lowest BCUT2D eigenvalue weighted by molar-refractivity contribution is -0.384. The third-order valence-corrected chi connectivity index (χ3v) is 6.93. The van der Waals surface area contributed by atoms with E-state index in [9.17, 15) is 19.7 Å². The summed E-state index contributed by atoms with van der Waals surface area (Å²) in [5, 5.41) is 10.5. The van der Waals surface area contributed by atoms with E-state index in [1.807, 2.05) is 43.3 Å². The second-order valence-electron chi connectivity index (χ2n) is 7.73. The fourth-order valence-corrected chi connectivity index (χ4v) is 5.12. The van der Waals surface area contributed by atoms with Crippen molar-refractivity contribution in [2.75, 3.05) is 6.61 Å². The molecule has 0 aromatic heterocycles. The molecule has 1 saturated heterocycles. The second-order valence-corrected chi connectivity index (χ2v) is 9.88. The number of nitrogens with zero attached hydrogens (tertiary/aromatic N) is 2. The van der Waals surface area contributed by atoms with Crippen LogP contribution >= 0.6 is 34.4 Å². The number of benzene rings is 3. The van der Waals surface area contributed by atoms with Gasteiger partial charge in [-0.1, -0.05) is 30.3 Å². The van der Waals surface area contributed by atoms with Gasteiger partial charge in [0.25, 0.3) is 16.8 Å². The molecule has 0 bridgehead atoms. The van der Waals surface area contributed by atoms with Crippen LogP contribution in [0.5, 0.6) is 11.5 Å². The zero-order valence-corrected chi connectivity index (χ0v) is 22.2. The molecule has 2 amide bonds. The molecule has 3 aromatic carbocycles. The van der Waals surface area contributed by atoms with E-state index in [4.69, 9.17) is 9.47 Å². The number of hydrogen-bond donors (Lipinski definition) is 0. The van der Waals surface area contributed by atoms with Gasteiger partial charge in [-0.2, -0.15) is 0 Å². The van der Waals surface area contributed by atoms with E-state index in [-0.39, 0.29) is 30.0 Å². The van der Waals surface area contributed by atoms with Gasteiger partial charge in [0.2, 0.25) is 0 Å². The number of non-ortho nitro benzene ring substituents is 1. The first-order valence-electron chi connectivity index (χ1n) is 11.0. The minimum Gasteiger partial charge on any atom is -0.490 e. The van der Waals surface area contributed by atoms with Gasteiger partial charge in [-0.25, -0.2) is 0 Å². The molecule has 1 fully saturated rings. The van der Waals surface area contributed by atoms with E-state index in [1.165, 1.54) is 17.0 Å². The molecule has 1 heterocycles. The van der Waals surface area contributed by atoms with Crippen molar-refractivity contribution in [3.8, 4) is 11.5 Å². The lowest BCUT2D eigenvalue weighted by Crippen LogP contribution is -2.27. The Balaban J connectivity index is 1.53. The summed E-state index contributed by atoms with van der Waals surface area (Å²) in [5.41, 5.74) is 2.37. The highest BCUT2D eigenvalue weighted by molar-refractivity contribution is 14.1. The predicted octanol–water partition coefficient (Wildman–Crippen LogP) is 6.41. The molecule has 184 valence electrons. The first kappa shape index (κ1) is 25.7. The van der Waals surface area contributed by atoms with Crippen LogP contribution in [-0.4, -0.2) is 27.6 Å². The van der Waals surface area contributed by atoms with Crippen molar-refractivity contribution >= 4 is 57.3 Å². The molecule has 0 N–H and O–H groups in total. The number of nitro benzene ring substituents is 1. The minimum absolute atomic E-state index is 0.0147. The third kappa shape index (κ3) is 6.05. The van der Waals surface area contributed by atoms with Gasteiger partial charge in [0, 0.05) is 12.1 Å². The topological polar surface area (TPSA) is 99.0 Å². The number of thioether (sulfide) groups is 1. The highest BCUT2D eigenvalue weighted by Crippen LogP contribution is 2.38. The predicted molar refractivity (Wildman–Crippen MR) is 146 cm³/mol. The molecule has 0 aliphatic carbocycles. The Labute approximate surface area is 225 Å². The SMILES string of the molecule is CCOc1cc(/C=C2/SC(=O)N(Cc3ccccc3)C2=O)cc(I)c1OCc1ccc([N+](=O)[O-])cc1. The molecule has 0 radical (unpaired) electrons. The quantitative estimate of drug-likeness (QED) is 0.119. The molecule has 8 nitrogen and oxygen atoms in total. The van der Waals surface area contributed by atoms with Crippen molar-refractivity contribution in [3.05, 3.63) is 102 Å². The first-order chi connectivity index (χ1) is 17.4. The summed E-state index contributed by atoms with van der Waals surface area (Å²) in [5.74, 6) is 0.700. The van der Waals surface area contributed by atoms with Crippen molar-refractivity contribution in [2.45, 2.75) is 20.1 Å². The van der Waals surface area contributed by atoms with Crippen LogP contribution < -0.4 is 9.47 Å². The molecule has 10 heteroatoms. The number of nitro groups is 1. The summed E-state index contributed by atoms with van der Waals surface area (Å²) in [6.07, 6.45) is 1.68. The summed E-state index contributed by atoms with van der Waals surface area (Å²) in [4.78, 5) is 37.4. The standard InChI is InChI=1S/C26H21IN2O6S/c1-2-34-22-13-19(12-21(27)24(22)35-16-18-8-10-20(11-9-18)29(32)33)14-23-25(30)28(26(31)36-23)15-17-6-4-3-5-7-17/h3-14H,2,15-16H2,1H3/b23-14+. The summed E-state index contributed by atoms with van der Waals surface area (Å²) < 4.78 is 12.5. The van der Waals surface area contributed by atoms with Crippen molar-refractivity contribution in [1.82, 2.24) is 4.90 Å². The molecular formula is C26H21IN2O6S. The van der Waals surface area contributed by atoms with E-state index in [0.717, 1.165) is 26.5 Å². The summed E-state index contributed by atoms with van der Waals surface area (Å²) in [7, 11) is 0. The number of hydrogen-bond acceptors (Lipinski definition) is 7. The highest BCUT2D eigenvalue weighted by Gasteiger charge is 2.35. The molecule has 4 rings (SSSR count). The lowest BCUT2D eigenvalue weighted by Gasteiger charge is -2.15. The van der Waals surface area contributed by atoms with E-state index in [0.29, 0.717) is 28.6 Å². The van der Waals surface area contributed by atoms with Crippen LogP contribution in [0, 0.1) is 13.7 Å². The number of carbonyl (C=O) groups excluding carboxylic acids is 2. The molecular weight excluding hydrogens is 595 g/mol. The van der Waals surface area contributed by atoms with Crippen LogP contribution in [0.4, 0.5) is 10.5 Å². The molecule has 1 aliphatic rings. The molecule has 3 aromatic rings. The minimum atomic E-state index is -0.449. The summed E-state index contributed by atoms with van der Waals surface area (Å²) >= 11 is 3.04. The van der Waals surface area contributed by atoms with Crippen LogP contribution in [0.15, 0.2) is 71.6 Å². The Kier molecular flexibility index (Phi) is 8.26. The van der Waals surface area contributed by atoms with Crippen molar-refractivity contribution in [2.24, 2.45) is 0 Å². The van der Waals surface area contributed by atoms with Crippen molar-refractivity contribution in [1.29, 1.82) is 0 Å². The summed E-state index contributed by atoms with van der Waals surface area (Å²) in [6.45, 7) is 2.68. The number of imide groups is 1. The number of amides is 2. The average molecular weight is 616 g/mol. The normalized spacial score (nSPS) is 14.4. The highest BCUT2D eigenvalue weighted by atomic mass is 127. The fraction of sp³-hybridized carbons (Fsp3) is 0.154. The Bertz CT molecular complexity index is 1330. The third-order valence-electron chi connectivity index (χ3n) is 5.22. The van der Waals surface area contributed by atoms with Crippen molar-refractivity contribution < 1.29 is 24.0 Å². The van der Waals surface area contributed by atoms with Crippen LogP contribution in [0.1, 0.15) is 23.6 Å². The molecule has 36 heavy (non-hydrogen) atoms. The van der Waals surface area contributed by atoms with Gasteiger partial charge in [0.05, 0.1) is 26.6 Å². The Morgan fingerprint density at radius 3 is 2.42 bits per heavy atom. The van der Waals surface area contributed by atoms with Crippen LogP contribution in [0.25, 0.3) is 6.08 Å². The van der Waals surface area contributed by atoms with Gasteiger partial charge in [0.1, 0.15) is 6.61 Å². The zero-order chi connectivity index (χ0) is 25.7. The van der Waals surface area contributed by atoms with E-state index in [2.05, 4.69) is 22.6 Å². The van der Waals surface area contributed by atoms with E-state index in [1.54, 1.807) is 24.3 Å². The maximum atomic E-state index is 12.9. The van der Waals surface area contributed by atoms with Gasteiger partial charge >= 0.3 is 0 Å². The molecule has 0 unspecified atom stereocenters. The maximum Gasteiger partial charge on any atom is 0.293 e. The fourth-order valence-electron chi connectivity index (χ4n) is 3.50. The summed E-state index contributed by atoms with van der Waals surface area (Å²) in [6, 6.07) is 19.1. The second kappa shape index (κ2) is 11.6. The number of ether oxygens (including phenoxy) is 2. The molecule has 0 atom stereocenters. The zero-order valence-electron chi connectivity index (χ0n) is 19.2. The molecule has 1 aliphatic heterocycles. The first-order valence-corrected chi connectivity index (χ1v) is 12.9. The van der Waals surface area contributed by atoms with Crippen molar-refractivity contribution in [3.63, 3.8) is 0 Å². The van der Waals surface area contributed by atoms with E-state index < -0.39 is 4.92 Å². The van der Waals surface area contributed by atoms with E-state index >= 15 is 0 Å². The van der Waals surface area contributed by atoms with Crippen LogP contribution in [0.2, 0.25) is 0 Å². The van der Waals surface area contributed by atoms with Gasteiger partial charge in [0.15, 0.2) is 11.5 Å². The largest absolute Gasteiger partial charge is 0.490 e. The number of rotatable bonds is 9. The Hall–Kier alpha value is -3.38. The monoisotopic (exact) mass is 616 g/mol. The van der Waals surface area contributed by atoms with Crippen LogP contribution in [0.3, 0.4) is 0 Å². The van der Waals surface area contributed by atoms with Gasteiger partial charge in [-0.15, -0.1) is 0 Å².